The zero-order chi connectivity index (χ0) is 12.3. The molecule has 0 spiro atoms. The molecule has 1 rings (SSSR count). The van der Waals surface area contributed by atoms with Crippen LogP contribution in [0.4, 0.5) is 0 Å². The first-order valence-corrected chi connectivity index (χ1v) is 5.54. The van der Waals surface area contributed by atoms with E-state index in [1.54, 1.807) is 7.11 Å². The topological polar surface area (TPSA) is 26.3 Å². The molecule has 88 valence electrons. The highest BCUT2D eigenvalue weighted by Crippen LogP contribution is 2.28. The third-order valence-electron chi connectivity index (χ3n) is 3.07. The highest BCUT2D eigenvalue weighted by molar-refractivity contribution is 5.98. The van der Waals surface area contributed by atoms with Crippen molar-refractivity contribution >= 4 is 5.78 Å². The van der Waals surface area contributed by atoms with Crippen LogP contribution >= 0.6 is 0 Å². The van der Waals surface area contributed by atoms with Crippen LogP contribution in [-0.4, -0.2) is 12.9 Å². The van der Waals surface area contributed by atoms with Gasteiger partial charge in [0.1, 0.15) is 5.75 Å². The van der Waals surface area contributed by atoms with Gasteiger partial charge in [-0.05, 0) is 29.7 Å². The third kappa shape index (κ3) is 2.84. The lowest BCUT2D eigenvalue weighted by molar-refractivity contribution is 0.0839. The van der Waals surface area contributed by atoms with E-state index in [9.17, 15) is 4.79 Å². The van der Waals surface area contributed by atoms with Crippen molar-refractivity contribution in [2.75, 3.05) is 7.11 Å². The summed E-state index contributed by atoms with van der Waals surface area (Å²) in [6, 6.07) is 7.29. The van der Waals surface area contributed by atoms with E-state index in [0.29, 0.717) is 0 Å². The summed E-state index contributed by atoms with van der Waals surface area (Å²) >= 11 is 0. The van der Waals surface area contributed by atoms with Gasteiger partial charge in [0.2, 0.25) is 0 Å². The monoisotopic (exact) mass is 220 g/mol. The molecule has 0 aliphatic rings. The SMILES string of the molecule is COc1ccc(C(=O)[C@@H](C)C(C)(C)C)cc1. The minimum absolute atomic E-state index is 0.00297. The molecule has 0 N–H and O–H groups in total. The Morgan fingerprint density at radius 2 is 1.69 bits per heavy atom. The molecule has 0 radical (unpaired) electrons. The van der Waals surface area contributed by atoms with E-state index in [4.69, 9.17) is 4.74 Å². The van der Waals surface area contributed by atoms with Crippen LogP contribution in [0.3, 0.4) is 0 Å². The van der Waals surface area contributed by atoms with E-state index < -0.39 is 0 Å². The highest BCUT2D eigenvalue weighted by Gasteiger charge is 2.27. The van der Waals surface area contributed by atoms with E-state index in [2.05, 4.69) is 20.8 Å². The Morgan fingerprint density at radius 1 is 1.19 bits per heavy atom. The van der Waals surface area contributed by atoms with Gasteiger partial charge >= 0.3 is 0 Å². The number of carbonyl (C=O) groups excluding carboxylic acids is 1. The van der Waals surface area contributed by atoms with Crippen LogP contribution in [0.5, 0.6) is 5.75 Å². The molecule has 0 bridgehead atoms. The summed E-state index contributed by atoms with van der Waals surface area (Å²) in [7, 11) is 1.62. The molecule has 0 aliphatic heterocycles. The minimum Gasteiger partial charge on any atom is -0.497 e. The summed E-state index contributed by atoms with van der Waals surface area (Å²) in [6.07, 6.45) is 0. The number of carbonyl (C=O) groups is 1. The molecule has 2 nitrogen and oxygen atoms in total. The zero-order valence-corrected chi connectivity index (χ0v) is 10.7. The van der Waals surface area contributed by atoms with Crippen LogP contribution in [0.25, 0.3) is 0 Å². The van der Waals surface area contributed by atoms with E-state index in [1.165, 1.54) is 0 Å². The smallest absolute Gasteiger partial charge is 0.166 e. The first-order valence-electron chi connectivity index (χ1n) is 5.54. The zero-order valence-electron chi connectivity index (χ0n) is 10.7. The molecule has 0 aliphatic carbocycles. The fourth-order valence-electron chi connectivity index (χ4n) is 1.40. The lowest BCUT2D eigenvalue weighted by atomic mass is 9.78. The molecular formula is C14H20O2. The fraction of sp³-hybridized carbons (Fsp3) is 0.500. The number of ketones is 1. The molecule has 16 heavy (non-hydrogen) atoms. The maximum Gasteiger partial charge on any atom is 0.166 e. The maximum atomic E-state index is 12.2. The standard InChI is InChI=1S/C14H20O2/c1-10(14(2,3)4)13(15)11-6-8-12(16-5)9-7-11/h6-10H,1-5H3/t10-/m1/s1. The van der Waals surface area contributed by atoms with Crippen LogP contribution in [0.2, 0.25) is 0 Å². The lowest BCUT2D eigenvalue weighted by Gasteiger charge is -2.25. The highest BCUT2D eigenvalue weighted by atomic mass is 16.5. The number of rotatable bonds is 3. The van der Waals surface area contributed by atoms with Crippen molar-refractivity contribution in [2.45, 2.75) is 27.7 Å². The van der Waals surface area contributed by atoms with Gasteiger partial charge in [0.25, 0.3) is 0 Å². The van der Waals surface area contributed by atoms with Crippen molar-refractivity contribution < 1.29 is 9.53 Å². The Morgan fingerprint density at radius 3 is 2.06 bits per heavy atom. The number of hydrogen-bond acceptors (Lipinski definition) is 2. The molecule has 0 amide bonds. The van der Waals surface area contributed by atoms with Gasteiger partial charge in [-0.15, -0.1) is 0 Å². The molecule has 0 fully saturated rings. The van der Waals surface area contributed by atoms with Gasteiger partial charge in [-0.25, -0.2) is 0 Å². The third-order valence-corrected chi connectivity index (χ3v) is 3.07. The van der Waals surface area contributed by atoms with Gasteiger partial charge in [0.05, 0.1) is 7.11 Å². The van der Waals surface area contributed by atoms with E-state index in [-0.39, 0.29) is 17.1 Å². The minimum atomic E-state index is -0.00297. The lowest BCUT2D eigenvalue weighted by Crippen LogP contribution is -2.25. The molecule has 1 aromatic carbocycles. The quantitative estimate of drug-likeness (QED) is 0.728. The van der Waals surface area contributed by atoms with Gasteiger partial charge in [0, 0.05) is 11.5 Å². The van der Waals surface area contributed by atoms with E-state index >= 15 is 0 Å². The van der Waals surface area contributed by atoms with Crippen molar-refractivity contribution in [3.05, 3.63) is 29.8 Å². The molecule has 0 saturated heterocycles. The van der Waals surface area contributed by atoms with Crippen molar-refractivity contribution in [2.24, 2.45) is 11.3 Å². The number of Topliss-reactive ketones (excluding diaryl/α,β-unsaturated/α-hetero) is 1. The van der Waals surface area contributed by atoms with Crippen LogP contribution in [0.15, 0.2) is 24.3 Å². The number of benzene rings is 1. The van der Waals surface area contributed by atoms with Crippen molar-refractivity contribution in [3.8, 4) is 5.75 Å². The van der Waals surface area contributed by atoms with Crippen molar-refractivity contribution in [1.29, 1.82) is 0 Å². The van der Waals surface area contributed by atoms with Crippen LogP contribution < -0.4 is 4.74 Å². The van der Waals surface area contributed by atoms with Crippen LogP contribution in [0, 0.1) is 11.3 Å². The van der Waals surface area contributed by atoms with Crippen molar-refractivity contribution in [1.82, 2.24) is 0 Å². The molecule has 2 heteroatoms. The summed E-state index contributed by atoms with van der Waals surface area (Å²) in [5.74, 6) is 0.982. The Kier molecular flexibility index (Phi) is 3.74. The first-order chi connectivity index (χ1) is 7.36. The van der Waals surface area contributed by atoms with Gasteiger partial charge in [-0.3, -0.25) is 4.79 Å². The maximum absolute atomic E-state index is 12.2. The van der Waals surface area contributed by atoms with E-state index in [1.807, 2.05) is 31.2 Å². The number of hydrogen-bond donors (Lipinski definition) is 0. The molecular weight excluding hydrogens is 200 g/mol. The summed E-state index contributed by atoms with van der Waals surface area (Å²) in [6.45, 7) is 8.23. The second-order valence-corrected chi connectivity index (χ2v) is 5.18. The summed E-state index contributed by atoms with van der Waals surface area (Å²) in [5.41, 5.74) is 0.750. The Labute approximate surface area is 97.6 Å². The predicted octanol–water partition coefficient (Wildman–Crippen LogP) is 3.56. The summed E-state index contributed by atoms with van der Waals surface area (Å²) < 4.78 is 5.07. The normalized spacial score (nSPS) is 13.3. The Bertz CT molecular complexity index is 357. The second-order valence-electron chi connectivity index (χ2n) is 5.18. The van der Waals surface area contributed by atoms with Gasteiger partial charge < -0.3 is 4.74 Å². The summed E-state index contributed by atoms with van der Waals surface area (Å²) in [4.78, 5) is 12.2. The first kappa shape index (κ1) is 12.8. The number of ether oxygens (including phenoxy) is 1. The van der Waals surface area contributed by atoms with Crippen LogP contribution in [0.1, 0.15) is 38.1 Å². The second kappa shape index (κ2) is 4.69. The molecule has 0 unspecified atom stereocenters. The van der Waals surface area contributed by atoms with Gasteiger partial charge in [-0.1, -0.05) is 27.7 Å². The molecule has 0 heterocycles. The predicted molar refractivity (Wildman–Crippen MR) is 65.9 cm³/mol. The fourth-order valence-corrected chi connectivity index (χ4v) is 1.40. The van der Waals surface area contributed by atoms with E-state index in [0.717, 1.165) is 11.3 Å². The molecule has 0 saturated carbocycles. The van der Waals surface area contributed by atoms with Crippen LogP contribution in [-0.2, 0) is 0 Å². The molecule has 1 aromatic rings. The molecule has 1 atom stereocenters. The summed E-state index contributed by atoms with van der Waals surface area (Å²) in [5, 5.41) is 0. The largest absolute Gasteiger partial charge is 0.497 e. The van der Waals surface area contributed by atoms with Gasteiger partial charge in [-0.2, -0.15) is 0 Å². The van der Waals surface area contributed by atoms with Crippen molar-refractivity contribution in [3.63, 3.8) is 0 Å². The Balaban J connectivity index is 2.88. The Hall–Kier alpha value is -1.31. The average molecular weight is 220 g/mol. The number of methoxy groups -OCH3 is 1. The average Bonchev–Trinajstić information content (AvgIpc) is 2.26. The molecule has 0 aromatic heterocycles. The van der Waals surface area contributed by atoms with Gasteiger partial charge in [0.15, 0.2) is 5.78 Å².